The number of nitrogens with two attached hydrogens (primary N) is 1. The SMILES string of the molecule is CN(CC1CCCC1)C(CN)c1cc(F)cc(F)c1. The predicted molar refractivity (Wildman–Crippen MR) is 72.7 cm³/mol. The summed E-state index contributed by atoms with van der Waals surface area (Å²) in [5.41, 5.74) is 6.42. The van der Waals surface area contributed by atoms with E-state index in [2.05, 4.69) is 4.90 Å². The molecule has 1 atom stereocenters. The number of likely N-dealkylation sites (N-methyl/N-ethyl adjacent to an activating group) is 1. The molecule has 0 bridgehead atoms. The van der Waals surface area contributed by atoms with Crippen LogP contribution in [0.1, 0.15) is 37.3 Å². The third-order valence-electron chi connectivity index (χ3n) is 4.05. The van der Waals surface area contributed by atoms with Gasteiger partial charge in [-0.05, 0) is 43.5 Å². The maximum absolute atomic E-state index is 13.3. The molecule has 2 nitrogen and oxygen atoms in total. The summed E-state index contributed by atoms with van der Waals surface area (Å²) in [4.78, 5) is 2.13. The summed E-state index contributed by atoms with van der Waals surface area (Å²) in [5.74, 6) is -0.386. The molecule has 0 aromatic heterocycles. The van der Waals surface area contributed by atoms with E-state index in [4.69, 9.17) is 5.73 Å². The Labute approximate surface area is 113 Å². The maximum atomic E-state index is 13.3. The third-order valence-corrected chi connectivity index (χ3v) is 4.05. The van der Waals surface area contributed by atoms with Gasteiger partial charge in [0.15, 0.2) is 0 Å². The van der Waals surface area contributed by atoms with E-state index in [0.29, 0.717) is 18.0 Å². The lowest BCUT2D eigenvalue weighted by molar-refractivity contribution is 0.212. The normalized spacial score (nSPS) is 18.2. The molecule has 4 heteroatoms. The molecule has 0 radical (unpaired) electrons. The average Bonchev–Trinajstić information content (AvgIpc) is 2.81. The number of hydrogen-bond donors (Lipinski definition) is 1. The first-order valence-corrected chi connectivity index (χ1v) is 6.96. The maximum Gasteiger partial charge on any atom is 0.126 e. The number of halogens is 2. The number of nitrogens with zero attached hydrogens (tertiary/aromatic N) is 1. The van der Waals surface area contributed by atoms with Crippen molar-refractivity contribution in [2.75, 3.05) is 20.1 Å². The van der Waals surface area contributed by atoms with Gasteiger partial charge in [-0.3, -0.25) is 4.90 Å². The van der Waals surface area contributed by atoms with Crippen LogP contribution in [0.4, 0.5) is 8.78 Å². The van der Waals surface area contributed by atoms with Crippen LogP contribution in [0.15, 0.2) is 18.2 Å². The molecule has 1 aromatic rings. The van der Waals surface area contributed by atoms with Gasteiger partial charge >= 0.3 is 0 Å². The van der Waals surface area contributed by atoms with Crippen molar-refractivity contribution in [2.24, 2.45) is 11.7 Å². The second-order valence-electron chi connectivity index (χ2n) is 5.54. The first kappa shape index (κ1) is 14.4. The van der Waals surface area contributed by atoms with Gasteiger partial charge in [-0.15, -0.1) is 0 Å². The highest BCUT2D eigenvalue weighted by molar-refractivity contribution is 5.22. The van der Waals surface area contributed by atoms with Crippen molar-refractivity contribution in [3.8, 4) is 0 Å². The van der Waals surface area contributed by atoms with Gasteiger partial charge in [0, 0.05) is 25.2 Å². The monoisotopic (exact) mass is 268 g/mol. The molecule has 1 aromatic carbocycles. The summed E-state index contributed by atoms with van der Waals surface area (Å²) in [5, 5.41) is 0. The van der Waals surface area contributed by atoms with Crippen LogP contribution in [0.3, 0.4) is 0 Å². The Morgan fingerprint density at radius 1 is 1.21 bits per heavy atom. The molecule has 106 valence electrons. The molecule has 0 aliphatic heterocycles. The molecule has 0 heterocycles. The Morgan fingerprint density at radius 3 is 2.32 bits per heavy atom. The Balaban J connectivity index is 2.08. The van der Waals surface area contributed by atoms with Crippen LogP contribution >= 0.6 is 0 Å². The zero-order valence-electron chi connectivity index (χ0n) is 11.4. The molecule has 1 unspecified atom stereocenters. The highest BCUT2D eigenvalue weighted by Crippen LogP contribution is 2.28. The van der Waals surface area contributed by atoms with E-state index in [0.717, 1.165) is 12.6 Å². The van der Waals surface area contributed by atoms with Crippen LogP contribution in [0.5, 0.6) is 0 Å². The molecular weight excluding hydrogens is 246 g/mol. The van der Waals surface area contributed by atoms with Crippen LogP contribution < -0.4 is 5.73 Å². The molecular formula is C15H22F2N2. The highest BCUT2D eigenvalue weighted by atomic mass is 19.1. The summed E-state index contributed by atoms with van der Waals surface area (Å²) in [7, 11) is 1.98. The second kappa shape index (κ2) is 6.44. The third kappa shape index (κ3) is 3.74. The fourth-order valence-electron chi connectivity index (χ4n) is 3.07. The summed E-state index contributed by atoms with van der Waals surface area (Å²) in [6.45, 7) is 1.31. The minimum atomic E-state index is -0.539. The number of benzene rings is 1. The van der Waals surface area contributed by atoms with Crippen molar-refractivity contribution < 1.29 is 8.78 Å². The molecule has 19 heavy (non-hydrogen) atoms. The molecule has 1 aliphatic carbocycles. The molecule has 0 spiro atoms. The zero-order valence-corrected chi connectivity index (χ0v) is 11.4. The smallest absolute Gasteiger partial charge is 0.126 e. The van der Waals surface area contributed by atoms with Crippen LogP contribution in [-0.2, 0) is 0 Å². The molecule has 0 saturated heterocycles. The topological polar surface area (TPSA) is 29.3 Å². The number of hydrogen-bond acceptors (Lipinski definition) is 2. The first-order valence-electron chi connectivity index (χ1n) is 6.96. The first-order chi connectivity index (χ1) is 9.10. The van der Waals surface area contributed by atoms with Crippen molar-refractivity contribution in [3.63, 3.8) is 0 Å². The van der Waals surface area contributed by atoms with Crippen molar-refractivity contribution in [1.29, 1.82) is 0 Å². The van der Waals surface area contributed by atoms with E-state index in [-0.39, 0.29) is 6.04 Å². The van der Waals surface area contributed by atoms with Crippen molar-refractivity contribution >= 4 is 0 Å². The van der Waals surface area contributed by atoms with E-state index in [1.165, 1.54) is 37.8 Å². The quantitative estimate of drug-likeness (QED) is 0.889. The molecule has 0 amide bonds. The van der Waals surface area contributed by atoms with Gasteiger partial charge < -0.3 is 5.73 Å². The summed E-state index contributed by atoms with van der Waals surface area (Å²) in [6, 6.07) is 3.54. The van der Waals surface area contributed by atoms with Gasteiger partial charge in [0.05, 0.1) is 0 Å². The van der Waals surface area contributed by atoms with E-state index in [9.17, 15) is 8.78 Å². The second-order valence-corrected chi connectivity index (χ2v) is 5.54. The minimum Gasteiger partial charge on any atom is -0.329 e. The predicted octanol–water partition coefficient (Wildman–Crippen LogP) is 3.09. The van der Waals surface area contributed by atoms with E-state index >= 15 is 0 Å². The number of rotatable bonds is 5. The van der Waals surface area contributed by atoms with Gasteiger partial charge in [0.25, 0.3) is 0 Å². The zero-order chi connectivity index (χ0) is 13.8. The Bertz CT molecular complexity index is 396. The van der Waals surface area contributed by atoms with Gasteiger partial charge in [-0.1, -0.05) is 12.8 Å². The fourth-order valence-corrected chi connectivity index (χ4v) is 3.07. The lowest BCUT2D eigenvalue weighted by atomic mass is 10.0. The fraction of sp³-hybridized carbons (Fsp3) is 0.600. The van der Waals surface area contributed by atoms with Crippen LogP contribution in [0, 0.1) is 17.6 Å². The van der Waals surface area contributed by atoms with E-state index in [1.807, 2.05) is 7.05 Å². The standard InChI is InChI=1S/C15H22F2N2/c1-19(10-11-4-2-3-5-11)15(9-18)12-6-13(16)8-14(17)7-12/h6-8,11,15H,2-5,9-10,18H2,1H3. The van der Waals surface area contributed by atoms with Gasteiger partial charge in [0.1, 0.15) is 11.6 Å². The summed E-state index contributed by atoms with van der Waals surface area (Å²) in [6.07, 6.45) is 5.08. The Morgan fingerprint density at radius 2 is 1.79 bits per heavy atom. The average molecular weight is 268 g/mol. The van der Waals surface area contributed by atoms with Crippen LogP contribution in [-0.4, -0.2) is 25.0 Å². The molecule has 2 rings (SSSR count). The largest absolute Gasteiger partial charge is 0.329 e. The van der Waals surface area contributed by atoms with Crippen LogP contribution in [0.2, 0.25) is 0 Å². The van der Waals surface area contributed by atoms with Crippen molar-refractivity contribution in [3.05, 3.63) is 35.4 Å². The molecule has 2 N–H and O–H groups in total. The lowest BCUT2D eigenvalue weighted by Crippen LogP contribution is -2.34. The van der Waals surface area contributed by atoms with Gasteiger partial charge in [0.2, 0.25) is 0 Å². The lowest BCUT2D eigenvalue weighted by Gasteiger charge is -2.29. The van der Waals surface area contributed by atoms with E-state index in [1.54, 1.807) is 0 Å². The minimum absolute atomic E-state index is 0.120. The summed E-state index contributed by atoms with van der Waals surface area (Å²) < 4.78 is 26.6. The van der Waals surface area contributed by atoms with Crippen LogP contribution in [0.25, 0.3) is 0 Å². The highest BCUT2D eigenvalue weighted by Gasteiger charge is 2.22. The molecule has 1 aliphatic rings. The van der Waals surface area contributed by atoms with Crippen molar-refractivity contribution in [2.45, 2.75) is 31.7 Å². The molecule has 1 fully saturated rings. The Kier molecular flexibility index (Phi) is 4.88. The Hall–Kier alpha value is -1.00. The van der Waals surface area contributed by atoms with Gasteiger partial charge in [-0.2, -0.15) is 0 Å². The van der Waals surface area contributed by atoms with Gasteiger partial charge in [-0.25, -0.2) is 8.78 Å². The van der Waals surface area contributed by atoms with Crippen molar-refractivity contribution in [1.82, 2.24) is 4.90 Å². The summed E-state index contributed by atoms with van der Waals surface area (Å²) >= 11 is 0. The molecule has 1 saturated carbocycles. The van der Waals surface area contributed by atoms with E-state index < -0.39 is 11.6 Å².